The molecule has 2 rings (SSSR count). The minimum absolute atomic E-state index is 0.0994. The first-order chi connectivity index (χ1) is 10.0. The predicted octanol–water partition coefficient (Wildman–Crippen LogP) is 1.88. The van der Waals surface area contributed by atoms with Crippen molar-refractivity contribution >= 4 is 11.7 Å². The molecule has 1 N–H and O–H groups in total. The number of hydrogen-bond acceptors (Lipinski definition) is 7. The minimum atomic E-state index is -1.28. The number of carbonyl (C=O) groups is 1. The Labute approximate surface area is 117 Å². The first-order valence-corrected chi connectivity index (χ1v) is 5.57. The lowest BCUT2D eigenvalue weighted by Gasteiger charge is -2.07. The molecule has 9 heteroatoms. The van der Waals surface area contributed by atoms with Crippen LogP contribution in [0.1, 0.15) is 10.5 Å². The topological polar surface area (TPSA) is 125 Å². The Kier molecular flexibility index (Phi) is 3.93. The zero-order valence-corrected chi connectivity index (χ0v) is 10.7. The largest absolute Gasteiger partial charge is 0.496 e. The van der Waals surface area contributed by atoms with Crippen molar-refractivity contribution in [3.63, 3.8) is 0 Å². The number of nitrogens with zero attached hydrogens (tertiary/aromatic N) is 3. The number of nitro groups is 1. The van der Waals surface area contributed by atoms with Crippen molar-refractivity contribution in [1.82, 2.24) is 9.97 Å². The molecular formula is C12H9N3O6. The summed E-state index contributed by atoms with van der Waals surface area (Å²) in [6, 6.07) is 3.98. The van der Waals surface area contributed by atoms with Gasteiger partial charge < -0.3 is 14.6 Å². The summed E-state index contributed by atoms with van der Waals surface area (Å²) in [6.07, 6.45) is 2.19. The van der Waals surface area contributed by atoms with Crippen LogP contribution < -0.4 is 9.47 Å². The molecule has 0 aliphatic carbocycles. The van der Waals surface area contributed by atoms with E-state index in [9.17, 15) is 14.9 Å². The number of carboxylic acids is 1. The van der Waals surface area contributed by atoms with E-state index in [1.807, 2.05) is 0 Å². The van der Waals surface area contributed by atoms with Gasteiger partial charge in [0.05, 0.1) is 30.5 Å². The van der Waals surface area contributed by atoms with Crippen LogP contribution in [0.25, 0.3) is 0 Å². The molecule has 0 radical (unpaired) electrons. The highest BCUT2D eigenvalue weighted by atomic mass is 16.6. The molecule has 0 saturated carbocycles. The Morgan fingerprint density at radius 1 is 1.38 bits per heavy atom. The fourth-order valence-electron chi connectivity index (χ4n) is 1.47. The molecule has 0 fully saturated rings. The Bertz CT molecular complexity index is 703. The van der Waals surface area contributed by atoms with Crippen molar-refractivity contribution in [3.8, 4) is 17.4 Å². The van der Waals surface area contributed by atoms with E-state index in [-0.39, 0.29) is 23.0 Å². The number of methoxy groups -OCH3 is 1. The molecule has 9 nitrogen and oxygen atoms in total. The first-order valence-electron chi connectivity index (χ1n) is 5.57. The maximum Gasteiger partial charge on any atom is 0.356 e. The van der Waals surface area contributed by atoms with Crippen molar-refractivity contribution in [2.24, 2.45) is 0 Å². The van der Waals surface area contributed by atoms with Crippen LogP contribution in [0.3, 0.4) is 0 Å². The number of nitro benzene ring substituents is 1. The van der Waals surface area contributed by atoms with Crippen LogP contribution in [-0.4, -0.2) is 33.1 Å². The van der Waals surface area contributed by atoms with E-state index in [2.05, 4.69) is 9.97 Å². The highest BCUT2D eigenvalue weighted by molar-refractivity contribution is 5.84. The summed E-state index contributed by atoms with van der Waals surface area (Å²) >= 11 is 0. The second-order valence-electron chi connectivity index (χ2n) is 3.74. The minimum Gasteiger partial charge on any atom is -0.496 e. The third kappa shape index (κ3) is 3.21. The fraction of sp³-hybridized carbons (Fsp3) is 0.0833. The van der Waals surface area contributed by atoms with Gasteiger partial charge in [0.25, 0.3) is 0 Å². The van der Waals surface area contributed by atoms with Crippen LogP contribution in [0.5, 0.6) is 17.4 Å². The van der Waals surface area contributed by atoms with E-state index in [4.69, 9.17) is 14.6 Å². The van der Waals surface area contributed by atoms with Gasteiger partial charge in [-0.15, -0.1) is 0 Å². The highest BCUT2D eigenvalue weighted by Gasteiger charge is 2.18. The van der Waals surface area contributed by atoms with Crippen LogP contribution in [-0.2, 0) is 0 Å². The van der Waals surface area contributed by atoms with Crippen molar-refractivity contribution in [3.05, 3.63) is 46.4 Å². The number of benzene rings is 1. The molecule has 1 aromatic carbocycles. The molecule has 108 valence electrons. The van der Waals surface area contributed by atoms with Crippen molar-refractivity contribution in [2.45, 2.75) is 0 Å². The summed E-state index contributed by atoms with van der Waals surface area (Å²) in [5, 5.41) is 19.8. The number of rotatable bonds is 5. The first kappa shape index (κ1) is 14.2. The smallest absolute Gasteiger partial charge is 0.356 e. The molecular weight excluding hydrogens is 282 g/mol. The molecule has 1 heterocycles. The van der Waals surface area contributed by atoms with Gasteiger partial charge in [-0.25, -0.2) is 9.78 Å². The second-order valence-corrected chi connectivity index (χ2v) is 3.74. The summed E-state index contributed by atoms with van der Waals surface area (Å²) in [5.74, 6) is -1.25. The van der Waals surface area contributed by atoms with Gasteiger partial charge in [0, 0.05) is 0 Å². The summed E-state index contributed by atoms with van der Waals surface area (Å²) < 4.78 is 10.1. The van der Waals surface area contributed by atoms with E-state index in [1.165, 1.54) is 25.3 Å². The zero-order chi connectivity index (χ0) is 15.4. The highest BCUT2D eigenvalue weighted by Crippen LogP contribution is 2.33. The predicted molar refractivity (Wildman–Crippen MR) is 68.7 cm³/mol. The standard InChI is InChI=1S/C12H9N3O6/c1-20-7-2-3-10(9(4-7)15(18)19)21-11-6-13-5-8(14-11)12(16)17/h2-6H,1H3,(H,16,17). The third-order valence-electron chi connectivity index (χ3n) is 2.41. The molecule has 0 bridgehead atoms. The number of carboxylic acid groups (broad SMARTS) is 1. The molecule has 21 heavy (non-hydrogen) atoms. The normalized spacial score (nSPS) is 9.95. The van der Waals surface area contributed by atoms with Crippen LogP contribution in [0.4, 0.5) is 5.69 Å². The maximum absolute atomic E-state index is 11.0. The molecule has 0 spiro atoms. The molecule has 0 atom stereocenters. The summed E-state index contributed by atoms with van der Waals surface area (Å²) in [5.41, 5.74) is -0.666. The van der Waals surface area contributed by atoms with E-state index < -0.39 is 10.9 Å². The van der Waals surface area contributed by atoms with E-state index in [0.29, 0.717) is 5.75 Å². The van der Waals surface area contributed by atoms with Crippen molar-refractivity contribution in [1.29, 1.82) is 0 Å². The third-order valence-corrected chi connectivity index (χ3v) is 2.41. The summed E-state index contributed by atoms with van der Waals surface area (Å²) in [7, 11) is 1.38. The molecule has 0 aliphatic heterocycles. The Balaban J connectivity index is 2.37. The van der Waals surface area contributed by atoms with Gasteiger partial charge in [-0.05, 0) is 12.1 Å². The quantitative estimate of drug-likeness (QED) is 0.653. The van der Waals surface area contributed by atoms with Crippen LogP contribution in [0.15, 0.2) is 30.6 Å². The SMILES string of the molecule is COc1ccc(Oc2cncc(C(=O)O)n2)c([N+](=O)[O-])c1. The molecule has 0 amide bonds. The Morgan fingerprint density at radius 2 is 2.14 bits per heavy atom. The molecule has 0 aliphatic rings. The van der Waals surface area contributed by atoms with Gasteiger partial charge >= 0.3 is 11.7 Å². The lowest BCUT2D eigenvalue weighted by molar-refractivity contribution is -0.385. The average molecular weight is 291 g/mol. The number of ether oxygens (including phenoxy) is 2. The summed E-state index contributed by atoms with van der Waals surface area (Å²) in [6.45, 7) is 0. The lowest BCUT2D eigenvalue weighted by atomic mass is 10.3. The van der Waals surface area contributed by atoms with Crippen molar-refractivity contribution < 1.29 is 24.3 Å². The van der Waals surface area contributed by atoms with E-state index >= 15 is 0 Å². The molecule has 0 unspecified atom stereocenters. The Hall–Kier alpha value is -3.23. The van der Waals surface area contributed by atoms with Crippen molar-refractivity contribution in [2.75, 3.05) is 7.11 Å². The van der Waals surface area contributed by atoms with Gasteiger partial charge in [-0.1, -0.05) is 0 Å². The monoisotopic (exact) mass is 291 g/mol. The molecule has 1 aromatic heterocycles. The van der Waals surface area contributed by atoms with Crippen LogP contribution in [0.2, 0.25) is 0 Å². The van der Waals surface area contributed by atoms with E-state index in [1.54, 1.807) is 0 Å². The lowest BCUT2D eigenvalue weighted by Crippen LogP contribution is -2.03. The average Bonchev–Trinajstić information content (AvgIpc) is 2.47. The zero-order valence-electron chi connectivity index (χ0n) is 10.7. The maximum atomic E-state index is 11.0. The Morgan fingerprint density at radius 3 is 2.76 bits per heavy atom. The van der Waals surface area contributed by atoms with Gasteiger partial charge in [-0.3, -0.25) is 15.1 Å². The molecule has 0 saturated heterocycles. The number of aromatic carboxylic acids is 1. The van der Waals surface area contributed by atoms with E-state index in [0.717, 1.165) is 12.4 Å². The van der Waals surface area contributed by atoms with Gasteiger partial charge in [0.15, 0.2) is 5.69 Å². The summed E-state index contributed by atoms with van der Waals surface area (Å²) in [4.78, 5) is 28.4. The fourth-order valence-corrected chi connectivity index (χ4v) is 1.47. The number of aromatic nitrogens is 2. The van der Waals surface area contributed by atoms with Crippen LogP contribution in [0, 0.1) is 10.1 Å². The number of hydrogen-bond donors (Lipinski definition) is 1. The molecule has 2 aromatic rings. The second kappa shape index (κ2) is 5.82. The van der Waals surface area contributed by atoms with Gasteiger partial charge in [0.1, 0.15) is 5.75 Å². The van der Waals surface area contributed by atoms with Gasteiger partial charge in [-0.2, -0.15) is 0 Å². The van der Waals surface area contributed by atoms with Gasteiger partial charge in [0.2, 0.25) is 11.6 Å². The van der Waals surface area contributed by atoms with Crippen LogP contribution >= 0.6 is 0 Å².